The van der Waals surface area contributed by atoms with Crippen LogP contribution in [-0.4, -0.2) is 28.8 Å². The summed E-state index contributed by atoms with van der Waals surface area (Å²) in [7, 11) is 0. The standard InChI is InChI=1S/C18H25NO3/c1-13-2-4-15(5-3-13)11-18(22)19-16(12-20)10-14-6-8-17(21)9-7-14/h6-9,11,13,16,20-21H,2-5,10,12H2,1H3,(H,19,22)/t13?,16-/m0/s1. The summed E-state index contributed by atoms with van der Waals surface area (Å²) in [4.78, 5) is 12.1. The van der Waals surface area contributed by atoms with E-state index in [-0.39, 0.29) is 24.3 Å². The van der Waals surface area contributed by atoms with Gasteiger partial charge in [0.05, 0.1) is 12.6 Å². The number of hydrogen-bond donors (Lipinski definition) is 3. The number of carbonyl (C=O) groups is 1. The van der Waals surface area contributed by atoms with E-state index in [9.17, 15) is 15.0 Å². The second-order valence-corrected chi connectivity index (χ2v) is 6.24. The third-order valence-corrected chi connectivity index (χ3v) is 4.24. The van der Waals surface area contributed by atoms with Gasteiger partial charge < -0.3 is 15.5 Å². The molecule has 1 aromatic rings. The Kier molecular flexibility index (Phi) is 6.01. The first-order valence-electron chi connectivity index (χ1n) is 7.95. The van der Waals surface area contributed by atoms with Gasteiger partial charge in [0, 0.05) is 6.08 Å². The first-order chi connectivity index (χ1) is 10.6. The molecule has 4 heteroatoms. The predicted octanol–water partition coefficient (Wildman–Crippen LogP) is 2.55. The summed E-state index contributed by atoms with van der Waals surface area (Å²) in [5.74, 6) is 0.840. The van der Waals surface area contributed by atoms with Crippen LogP contribution in [-0.2, 0) is 11.2 Å². The Morgan fingerprint density at radius 2 is 1.95 bits per heavy atom. The molecular formula is C18H25NO3. The minimum Gasteiger partial charge on any atom is -0.508 e. The van der Waals surface area contributed by atoms with E-state index < -0.39 is 0 Å². The first kappa shape index (κ1) is 16.6. The summed E-state index contributed by atoms with van der Waals surface area (Å²) in [5, 5.41) is 21.6. The number of aliphatic hydroxyl groups is 1. The monoisotopic (exact) mass is 303 g/mol. The number of amides is 1. The number of allylic oxidation sites excluding steroid dienone is 1. The highest BCUT2D eigenvalue weighted by Crippen LogP contribution is 2.27. The van der Waals surface area contributed by atoms with Gasteiger partial charge in [0.1, 0.15) is 5.75 Å². The lowest BCUT2D eigenvalue weighted by atomic mass is 9.87. The topological polar surface area (TPSA) is 69.6 Å². The number of aromatic hydroxyl groups is 1. The molecule has 1 amide bonds. The normalized spacial score (nSPS) is 19.5. The fourth-order valence-electron chi connectivity index (χ4n) is 2.78. The van der Waals surface area contributed by atoms with Gasteiger partial charge in [0.15, 0.2) is 0 Å². The van der Waals surface area contributed by atoms with Crippen molar-refractivity contribution in [3.8, 4) is 5.75 Å². The lowest BCUT2D eigenvalue weighted by Gasteiger charge is -2.20. The van der Waals surface area contributed by atoms with E-state index in [1.54, 1.807) is 30.3 Å². The minimum absolute atomic E-state index is 0.104. The highest BCUT2D eigenvalue weighted by atomic mass is 16.3. The second kappa shape index (κ2) is 7.99. The molecule has 0 aromatic heterocycles. The molecule has 22 heavy (non-hydrogen) atoms. The van der Waals surface area contributed by atoms with Crippen LogP contribution in [0.3, 0.4) is 0 Å². The third-order valence-electron chi connectivity index (χ3n) is 4.24. The molecule has 0 bridgehead atoms. The van der Waals surface area contributed by atoms with Crippen molar-refractivity contribution in [2.24, 2.45) is 5.92 Å². The van der Waals surface area contributed by atoms with Crippen LogP contribution in [0.4, 0.5) is 0 Å². The quantitative estimate of drug-likeness (QED) is 0.732. The predicted molar refractivity (Wildman–Crippen MR) is 86.5 cm³/mol. The molecule has 1 aromatic carbocycles. The minimum atomic E-state index is -0.309. The first-order valence-corrected chi connectivity index (χ1v) is 7.95. The van der Waals surface area contributed by atoms with Crippen molar-refractivity contribution in [3.05, 3.63) is 41.5 Å². The maximum atomic E-state index is 12.1. The van der Waals surface area contributed by atoms with Crippen LogP contribution >= 0.6 is 0 Å². The summed E-state index contributed by atoms with van der Waals surface area (Å²) in [6, 6.07) is 6.50. The molecule has 1 aliphatic rings. The van der Waals surface area contributed by atoms with Crippen LogP contribution in [0.15, 0.2) is 35.9 Å². The molecule has 0 spiro atoms. The number of benzene rings is 1. The highest BCUT2D eigenvalue weighted by molar-refractivity contribution is 5.88. The Bertz CT molecular complexity index is 512. The molecule has 3 N–H and O–H groups in total. The van der Waals surface area contributed by atoms with Crippen LogP contribution in [0.2, 0.25) is 0 Å². The Hall–Kier alpha value is -1.81. The fraction of sp³-hybridized carbons (Fsp3) is 0.500. The van der Waals surface area contributed by atoms with Crippen molar-refractivity contribution < 1.29 is 15.0 Å². The van der Waals surface area contributed by atoms with Gasteiger partial charge in [0.2, 0.25) is 5.91 Å². The van der Waals surface area contributed by atoms with Gasteiger partial charge in [-0.05, 0) is 55.7 Å². The van der Waals surface area contributed by atoms with Crippen LogP contribution in [0, 0.1) is 5.92 Å². The van der Waals surface area contributed by atoms with Gasteiger partial charge >= 0.3 is 0 Å². The largest absolute Gasteiger partial charge is 0.508 e. The SMILES string of the molecule is CC1CCC(=CC(=O)N[C@H](CO)Cc2ccc(O)cc2)CC1. The van der Waals surface area contributed by atoms with Crippen LogP contribution < -0.4 is 5.32 Å². The third kappa shape index (κ3) is 5.19. The average Bonchev–Trinajstić information content (AvgIpc) is 2.51. The average molecular weight is 303 g/mol. The lowest BCUT2D eigenvalue weighted by molar-refractivity contribution is -0.117. The molecule has 4 nitrogen and oxygen atoms in total. The number of nitrogens with one attached hydrogen (secondary N) is 1. The molecule has 0 saturated heterocycles. The molecule has 120 valence electrons. The zero-order chi connectivity index (χ0) is 15.9. The Morgan fingerprint density at radius 3 is 2.55 bits per heavy atom. The Morgan fingerprint density at radius 1 is 1.32 bits per heavy atom. The van der Waals surface area contributed by atoms with E-state index in [2.05, 4.69) is 12.2 Å². The van der Waals surface area contributed by atoms with Gasteiger partial charge in [-0.25, -0.2) is 0 Å². The zero-order valence-corrected chi connectivity index (χ0v) is 13.1. The molecule has 0 radical (unpaired) electrons. The summed E-state index contributed by atoms with van der Waals surface area (Å²) < 4.78 is 0. The number of aliphatic hydroxyl groups excluding tert-OH is 1. The van der Waals surface area contributed by atoms with Crippen molar-refractivity contribution in [2.75, 3.05) is 6.61 Å². The lowest BCUT2D eigenvalue weighted by Crippen LogP contribution is -2.38. The molecule has 1 fully saturated rings. The van der Waals surface area contributed by atoms with Crippen LogP contribution in [0.5, 0.6) is 5.75 Å². The molecule has 2 rings (SSSR count). The van der Waals surface area contributed by atoms with Gasteiger partial charge in [-0.1, -0.05) is 24.6 Å². The number of phenolic OH excluding ortho intramolecular Hbond substituents is 1. The van der Waals surface area contributed by atoms with E-state index in [1.165, 1.54) is 5.57 Å². The van der Waals surface area contributed by atoms with E-state index in [1.807, 2.05) is 0 Å². The highest BCUT2D eigenvalue weighted by Gasteiger charge is 2.15. The zero-order valence-electron chi connectivity index (χ0n) is 13.1. The molecule has 0 aliphatic heterocycles. The van der Waals surface area contributed by atoms with Gasteiger partial charge in [-0.3, -0.25) is 4.79 Å². The molecule has 1 saturated carbocycles. The molecule has 0 heterocycles. The number of rotatable bonds is 5. The summed E-state index contributed by atoms with van der Waals surface area (Å²) >= 11 is 0. The van der Waals surface area contributed by atoms with Crippen molar-refractivity contribution in [2.45, 2.75) is 45.1 Å². The fourth-order valence-corrected chi connectivity index (χ4v) is 2.78. The van der Waals surface area contributed by atoms with Crippen LogP contribution in [0.1, 0.15) is 38.2 Å². The summed E-state index contributed by atoms with van der Waals surface area (Å²) in [5.41, 5.74) is 2.17. The van der Waals surface area contributed by atoms with Crippen molar-refractivity contribution in [3.63, 3.8) is 0 Å². The Labute approximate surface area is 131 Å². The van der Waals surface area contributed by atoms with Gasteiger partial charge in [-0.15, -0.1) is 0 Å². The van der Waals surface area contributed by atoms with E-state index in [0.29, 0.717) is 6.42 Å². The van der Waals surface area contributed by atoms with Crippen LogP contribution in [0.25, 0.3) is 0 Å². The van der Waals surface area contributed by atoms with Gasteiger partial charge in [0.25, 0.3) is 0 Å². The van der Waals surface area contributed by atoms with Gasteiger partial charge in [-0.2, -0.15) is 0 Å². The number of hydrogen-bond acceptors (Lipinski definition) is 3. The van der Waals surface area contributed by atoms with Crippen molar-refractivity contribution in [1.82, 2.24) is 5.32 Å². The van der Waals surface area contributed by atoms with E-state index >= 15 is 0 Å². The smallest absolute Gasteiger partial charge is 0.244 e. The summed E-state index contributed by atoms with van der Waals surface area (Å²) in [6.07, 6.45) is 6.53. The Balaban J connectivity index is 1.88. The van der Waals surface area contributed by atoms with Crippen molar-refractivity contribution >= 4 is 5.91 Å². The maximum absolute atomic E-state index is 12.1. The summed E-state index contributed by atoms with van der Waals surface area (Å²) in [6.45, 7) is 2.14. The molecular weight excluding hydrogens is 278 g/mol. The molecule has 1 atom stereocenters. The molecule has 0 unspecified atom stereocenters. The van der Waals surface area contributed by atoms with E-state index in [0.717, 1.165) is 37.2 Å². The maximum Gasteiger partial charge on any atom is 0.244 e. The van der Waals surface area contributed by atoms with E-state index in [4.69, 9.17) is 0 Å². The second-order valence-electron chi connectivity index (χ2n) is 6.24. The number of carbonyl (C=O) groups excluding carboxylic acids is 1. The van der Waals surface area contributed by atoms with Crippen molar-refractivity contribution in [1.29, 1.82) is 0 Å². The molecule has 1 aliphatic carbocycles. The number of phenols is 1.